The van der Waals surface area contributed by atoms with E-state index >= 15 is 0 Å². The number of aliphatic carboxylic acids is 1. The van der Waals surface area contributed by atoms with Gasteiger partial charge in [0.1, 0.15) is 6.04 Å². The fourth-order valence-electron chi connectivity index (χ4n) is 3.29. The molecule has 2 aliphatic rings. The number of carboxylic acid groups (broad SMARTS) is 1. The van der Waals surface area contributed by atoms with Gasteiger partial charge in [0, 0.05) is 13.1 Å². The summed E-state index contributed by atoms with van der Waals surface area (Å²) in [6.45, 7) is 2.67. The molecule has 1 aromatic heterocycles. The van der Waals surface area contributed by atoms with Gasteiger partial charge in [0.25, 0.3) is 5.91 Å². The van der Waals surface area contributed by atoms with Crippen molar-refractivity contribution in [2.75, 3.05) is 19.6 Å². The highest BCUT2D eigenvalue weighted by molar-refractivity contribution is 7.12. The van der Waals surface area contributed by atoms with E-state index < -0.39 is 18.1 Å². The van der Waals surface area contributed by atoms with Crippen LogP contribution >= 0.6 is 11.3 Å². The molecule has 0 aliphatic carbocycles. The smallest absolute Gasteiger partial charge is 0.334 e. The molecule has 2 fully saturated rings. The number of nitrogens with zero attached hydrogens (tertiary/aromatic N) is 2. The summed E-state index contributed by atoms with van der Waals surface area (Å²) in [5, 5.41) is 11.0. The summed E-state index contributed by atoms with van der Waals surface area (Å²) in [5.41, 5.74) is 0. The van der Waals surface area contributed by atoms with Gasteiger partial charge >= 0.3 is 5.97 Å². The molecule has 3 heterocycles. The van der Waals surface area contributed by atoms with Crippen LogP contribution in [0.4, 0.5) is 0 Å². The molecule has 8 heteroatoms. The summed E-state index contributed by atoms with van der Waals surface area (Å²) in [6, 6.07) is 3.05. The Morgan fingerprint density at radius 3 is 2.79 bits per heavy atom. The summed E-state index contributed by atoms with van der Waals surface area (Å²) >= 11 is 1.36. The van der Waals surface area contributed by atoms with Gasteiger partial charge in [0.15, 0.2) is 6.10 Å². The zero-order valence-electron chi connectivity index (χ0n) is 13.4. The number of thiophene rings is 1. The first-order valence-corrected chi connectivity index (χ1v) is 8.87. The molecule has 0 aromatic carbocycles. The van der Waals surface area contributed by atoms with Crippen molar-refractivity contribution in [3.05, 3.63) is 22.4 Å². The molecule has 2 unspecified atom stereocenters. The molecule has 24 heavy (non-hydrogen) atoms. The third-order valence-corrected chi connectivity index (χ3v) is 5.24. The van der Waals surface area contributed by atoms with Crippen molar-refractivity contribution >= 4 is 29.1 Å². The zero-order valence-corrected chi connectivity index (χ0v) is 14.2. The van der Waals surface area contributed by atoms with Gasteiger partial charge in [0.05, 0.1) is 17.5 Å². The van der Waals surface area contributed by atoms with Crippen molar-refractivity contribution in [1.29, 1.82) is 0 Å². The normalized spacial score (nSPS) is 27.3. The van der Waals surface area contributed by atoms with Crippen molar-refractivity contribution in [3.8, 4) is 0 Å². The Kier molecular flexibility index (Phi) is 4.86. The predicted octanol–water partition coefficient (Wildman–Crippen LogP) is 1.05. The van der Waals surface area contributed by atoms with Crippen molar-refractivity contribution < 1.29 is 24.2 Å². The Bertz CT molecular complexity index is 632. The first-order chi connectivity index (χ1) is 11.5. The SMILES string of the molecule is C[C@@H]1CN(C(=O)C2CCCN2C(=O)c2cccs2)CC(C(=O)O)O1. The summed E-state index contributed by atoms with van der Waals surface area (Å²) in [6.07, 6.45) is 0.0297. The van der Waals surface area contributed by atoms with Crippen LogP contribution in [0.25, 0.3) is 0 Å². The van der Waals surface area contributed by atoms with E-state index in [1.165, 1.54) is 16.2 Å². The number of amides is 2. The predicted molar refractivity (Wildman–Crippen MR) is 86.9 cm³/mol. The fraction of sp³-hybridized carbons (Fsp3) is 0.562. The van der Waals surface area contributed by atoms with Crippen LogP contribution in [0.1, 0.15) is 29.4 Å². The van der Waals surface area contributed by atoms with E-state index in [0.29, 0.717) is 24.4 Å². The van der Waals surface area contributed by atoms with Crippen LogP contribution in [0.5, 0.6) is 0 Å². The number of likely N-dealkylation sites (tertiary alicyclic amines) is 1. The van der Waals surface area contributed by atoms with Gasteiger partial charge in [-0.05, 0) is 31.2 Å². The first kappa shape index (κ1) is 16.9. The highest BCUT2D eigenvalue weighted by Crippen LogP contribution is 2.25. The van der Waals surface area contributed by atoms with Gasteiger partial charge in [-0.1, -0.05) is 6.07 Å². The lowest BCUT2D eigenvalue weighted by molar-refractivity contribution is -0.167. The van der Waals surface area contributed by atoms with Crippen molar-refractivity contribution in [2.45, 2.75) is 38.0 Å². The van der Waals surface area contributed by atoms with E-state index in [2.05, 4.69) is 0 Å². The van der Waals surface area contributed by atoms with Crippen LogP contribution in [0, 0.1) is 0 Å². The van der Waals surface area contributed by atoms with Gasteiger partial charge in [-0.25, -0.2) is 4.79 Å². The Hall–Kier alpha value is -1.93. The Labute approximate surface area is 143 Å². The Morgan fingerprint density at radius 1 is 1.33 bits per heavy atom. The number of ether oxygens (including phenoxy) is 1. The van der Waals surface area contributed by atoms with Crippen LogP contribution in [-0.2, 0) is 14.3 Å². The van der Waals surface area contributed by atoms with Gasteiger partial charge in [-0.15, -0.1) is 11.3 Å². The van der Waals surface area contributed by atoms with Crippen LogP contribution < -0.4 is 0 Å². The average molecular weight is 352 g/mol. The minimum atomic E-state index is -1.07. The molecule has 0 saturated carbocycles. The number of morpholine rings is 1. The van der Waals surface area contributed by atoms with E-state index in [-0.39, 0.29) is 24.5 Å². The van der Waals surface area contributed by atoms with E-state index in [9.17, 15) is 14.4 Å². The average Bonchev–Trinajstić information content (AvgIpc) is 3.24. The summed E-state index contributed by atoms with van der Waals surface area (Å²) < 4.78 is 5.35. The molecule has 0 bridgehead atoms. The summed E-state index contributed by atoms with van der Waals surface area (Å²) in [5.74, 6) is -1.38. The van der Waals surface area contributed by atoms with Gasteiger partial charge in [-0.3, -0.25) is 9.59 Å². The topological polar surface area (TPSA) is 87.2 Å². The molecule has 0 radical (unpaired) electrons. The number of carbonyl (C=O) groups is 3. The molecule has 1 N–H and O–H groups in total. The van der Waals surface area contributed by atoms with Gasteiger partial charge in [-0.2, -0.15) is 0 Å². The van der Waals surface area contributed by atoms with Crippen molar-refractivity contribution in [2.24, 2.45) is 0 Å². The summed E-state index contributed by atoms with van der Waals surface area (Å²) in [4.78, 5) is 40.4. The standard InChI is InChI=1S/C16H20N2O5S/c1-10-8-17(9-12(23-10)16(21)22)14(19)11-4-2-6-18(11)15(20)13-5-3-7-24-13/h3,5,7,10-12H,2,4,6,8-9H2,1H3,(H,21,22)/t10-,11?,12?/m1/s1. The highest BCUT2D eigenvalue weighted by Gasteiger charge is 2.40. The molecule has 2 aliphatic heterocycles. The second kappa shape index (κ2) is 6.90. The number of carbonyl (C=O) groups excluding carboxylic acids is 2. The van der Waals surface area contributed by atoms with Gasteiger partial charge < -0.3 is 19.6 Å². The van der Waals surface area contributed by atoms with E-state index in [1.807, 2.05) is 11.4 Å². The molecular formula is C16H20N2O5S. The maximum Gasteiger partial charge on any atom is 0.334 e. The lowest BCUT2D eigenvalue weighted by atomic mass is 10.1. The molecule has 1 aromatic rings. The van der Waals surface area contributed by atoms with E-state index in [4.69, 9.17) is 9.84 Å². The third-order valence-electron chi connectivity index (χ3n) is 4.38. The molecule has 2 saturated heterocycles. The maximum atomic E-state index is 12.9. The lowest BCUT2D eigenvalue weighted by Crippen LogP contribution is -2.56. The van der Waals surface area contributed by atoms with Crippen molar-refractivity contribution in [3.63, 3.8) is 0 Å². The molecule has 3 rings (SSSR count). The number of hydrogen-bond acceptors (Lipinski definition) is 5. The van der Waals surface area contributed by atoms with E-state index in [1.54, 1.807) is 17.9 Å². The molecule has 7 nitrogen and oxygen atoms in total. The molecule has 0 spiro atoms. The Morgan fingerprint density at radius 2 is 2.12 bits per heavy atom. The molecule has 3 atom stereocenters. The van der Waals surface area contributed by atoms with Crippen LogP contribution in [0.15, 0.2) is 17.5 Å². The maximum absolute atomic E-state index is 12.9. The minimum absolute atomic E-state index is 0.0238. The molecular weight excluding hydrogens is 332 g/mol. The number of rotatable bonds is 3. The quantitative estimate of drug-likeness (QED) is 0.879. The van der Waals surface area contributed by atoms with Crippen LogP contribution in [0.2, 0.25) is 0 Å². The third kappa shape index (κ3) is 3.29. The fourth-order valence-corrected chi connectivity index (χ4v) is 3.97. The zero-order chi connectivity index (χ0) is 17.3. The molecule has 2 amide bonds. The highest BCUT2D eigenvalue weighted by atomic mass is 32.1. The van der Waals surface area contributed by atoms with Crippen LogP contribution in [0.3, 0.4) is 0 Å². The number of hydrogen-bond donors (Lipinski definition) is 1. The first-order valence-electron chi connectivity index (χ1n) is 7.99. The number of carboxylic acids is 1. The largest absolute Gasteiger partial charge is 0.479 e. The lowest BCUT2D eigenvalue weighted by Gasteiger charge is -2.37. The second-order valence-corrected chi connectivity index (χ2v) is 7.10. The monoisotopic (exact) mass is 352 g/mol. The summed E-state index contributed by atoms with van der Waals surface area (Å²) in [7, 11) is 0. The second-order valence-electron chi connectivity index (χ2n) is 6.15. The van der Waals surface area contributed by atoms with Crippen molar-refractivity contribution in [1.82, 2.24) is 9.80 Å². The van der Waals surface area contributed by atoms with Gasteiger partial charge in [0.2, 0.25) is 5.91 Å². The Balaban J connectivity index is 1.73. The minimum Gasteiger partial charge on any atom is -0.479 e. The van der Waals surface area contributed by atoms with Crippen LogP contribution in [-0.4, -0.2) is 70.6 Å². The van der Waals surface area contributed by atoms with E-state index in [0.717, 1.165) is 6.42 Å². The molecule has 130 valence electrons.